The van der Waals surface area contributed by atoms with Crippen LogP contribution in [0.5, 0.6) is 0 Å². The van der Waals surface area contributed by atoms with Crippen molar-refractivity contribution in [2.45, 2.75) is 6.92 Å². The Labute approximate surface area is 98.3 Å². The second-order valence-corrected chi connectivity index (χ2v) is 3.65. The van der Waals surface area contributed by atoms with Crippen LogP contribution in [0.25, 0.3) is 0 Å². The normalized spacial score (nSPS) is 10.0. The summed E-state index contributed by atoms with van der Waals surface area (Å²) in [6, 6.07) is 9.74. The molecule has 0 bridgehead atoms. The van der Waals surface area contributed by atoms with Gasteiger partial charge in [-0.3, -0.25) is 4.79 Å². The second kappa shape index (κ2) is 4.74. The molecule has 0 aliphatic carbocycles. The maximum Gasteiger partial charge on any atom is 0.256 e. The summed E-state index contributed by atoms with van der Waals surface area (Å²) < 4.78 is 13.3. The molecule has 2 rings (SSSR count). The van der Waals surface area contributed by atoms with Gasteiger partial charge in [-0.25, -0.2) is 9.37 Å². The van der Waals surface area contributed by atoms with E-state index in [1.165, 1.54) is 18.3 Å². The maximum absolute atomic E-state index is 13.3. The summed E-state index contributed by atoms with van der Waals surface area (Å²) in [5.74, 6) is -0.978. The van der Waals surface area contributed by atoms with Crippen molar-refractivity contribution in [3.8, 4) is 0 Å². The van der Waals surface area contributed by atoms with Crippen molar-refractivity contribution in [2.24, 2.45) is 0 Å². The SMILES string of the molecule is Cc1ccc(C(=O)Nc2ncccc2F)cc1. The van der Waals surface area contributed by atoms with Crippen molar-refractivity contribution < 1.29 is 9.18 Å². The van der Waals surface area contributed by atoms with Crippen molar-refractivity contribution in [1.29, 1.82) is 0 Å². The molecule has 1 aromatic heterocycles. The molecule has 0 spiro atoms. The minimum Gasteiger partial charge on any atom is -0.304 e. The predicted molar refractivity (Wildman–Crippen MR) is 63.3 cm³/mol. The van der Waals surface area contributed by atoms with Crippen LogP contribution < -0.4 is 5.32 Å². The number of nitrogens with zero attached hydrogens (tertiary/aromatic N) is 1. The quantitative estimate of drug-likeness (QED) is 0.861. The molecule has 1 N–H and O–H groups in total. The number of aryl methyl sites for hydroxylation is 1. The lowest BCUT2D eigenvalue weighted by molar-refractivity contribution is 0.102. The lowest BCUT2D eigenvalue weighted by Gasteiger charge is -2.05. The third-order valence-electron chi connectivity index (χ3n) is 2.30. The van der Waals surface area contributed by atoms with Gasteiger partial charge in [-0.05, 0) is 31.2 Å². The topological polar surface area (TPSA) is 42.0 Å². The molecule has 4 heteroatoms. The number of aromatic nitrogens is 1. The first kappa shape index (κ1) is 11.3. The third-order valence-corrected chi connectivity index (χ3v) is 2.30. The standard InChI is InChI=1S/C13H11FN2O/c1-9-4-6-10(7-5-9)13(17)16-12-11(14)3-2-8-15-12/h2-8H,1H3,(H,15,16,17). The summed E-state index contributed by atoms with van der Waals surface area (Å²) in [6.45, 7) is 1.93. The van der Waals surface area contributed by atoms with Crippen LogP contribution in [0, 0.1) is 12.7 Å². The van der Waals surface area contributed by atoms with Gasteiger partial charge in [0.2, 0.25) is 0 Å². The van der Waals surface area contributed by atoms with Crippen molar-refractivity contribution in [3.05, 3.63) is 59.5 Å². The highest BCUT2D eigenvalue weighted by Gasteiger charge is 2.09. The number of benzene rings is 1. The molecule has 0 aliphatic rings. The molecule has 17 heavy (non-hydrogen) atoms. The van der Waals surface area contributed by atoms with E-state index in [9.17, 15) is 9.18 Å². The van der Waals surface area contributed by atoms with Gasteiger partial charge in [-0.15, -0.1) is 0 Å². The Hall–Kier alpha value is -2.23. The van der Waals surface area contributed by atoms with E-state index in [2.05, 4.69) is 10.3 Å². The Balaban J connectivity index is 2.17. The van der Waals surface area contributed by atoms with E-state index >= 15 is 0 Å². The molecule has 1 amide bonds. The van der Waals surface area contributed by atoms with E-state index in [0.29, 0.717) is 5.56 Å². The van der Waals surface area contributed by atoms with E-state index in [-0.39, 0.29) is 11.7 Å². The van der Waals surface area contributed by atoms with Crippen LogP contribution in [0.4, 0.5) is 10.2 Å². The van der Waals surface area contributed by atoms with Crippen LogP contribution in [0.1, 0.15) is 15.9 Å². The molecule has 0 fully saturated rings. The van der Waals surface area contributed by atoms with E-state index in [1.807, 2.05) is 19.1 Å². The van der Waals surface area contributed by atoms with E-state index in [1.54, 1.807) is 12.1 Å². The minimum atomic E-state index is -0.548. The van der Waals surface area contributed by atoms with Gasteiger partial charge < -0.3 is 5.32 Å². The molecule has 0 saturated heterocycles. The minimum absolute atomic E-state index is 0.0573. The summed E-state index contributed by atoms with van der Waals surface area (Å²) >= 11 is 0. The van der Waals surface area contributed by atoms with Crippen molar-refractivity contribution in [2.75, 3.05) is 5.32 Å². The zero-order valence-electron chi connectivity index (χ0n) is 9.27. The molecular weight excluding hydrogens is 219 g/mol. The highest BCUT2D eigenvalue weighted by Crippen LogP contribution is 2.11. The van der Waals surface area contributed by atoms with E-state index < -0.39 is 5.82 Å². The fourth-order valence-electron chi connectivity index (χ4n) is 1.36. The molecule has 3 nitrogen and oxygen atoms in total. The van der Waals surface area contributed by atoms with Crippen LogP contribution in [-0.2, 0) is 0 Å². The van der Waals surface area contributed by atoms with Crippen LogP contribution in [0.2, 0.25) is 0 Å². The molecule has 0 atom stereocenters. The maximum atomic E-state index is 13.3. The summed E-state index contributed by atoms with van der Waals surface area (Å²) in [5.41, 5.74) is 1.53. The first-order chi connectivity index (χ1) is 8.16. The lowest BCUT2D eigenvalue weighted by atomic mass is 10.1. The smallest absolute Gasteiger partial charge is 0.256 e. The molecule has 1 aromatic carbocycles. The second-order valence-electron chi connectivity index (χ2n) is 3.65. The zero-order chi connectivity index (χ0) is 12.3. The number of hydrogen-bond donors (Lipinski definition) is 1. The Kier molecular flexibility index (Phi) is 3.14. The predicted octanol–water partition coefficient (Wildman–Crippen LogP) is 2.78. The number of pyridine rings is 1. The zero-order valence-corrected chi connectivity index (χ0v) is 9.27. The Bertz CT molecular complexity index is 537. The summed E-state index contributed by atoms with van der Waals surface area (Å²) in [6.07, 6.45) is 1.42. The summed E-state index contributed by atoms with van der Waals surface area (Å²) in [4.78, 5) is 15.5. The van der Waals surface area contributed by atoms with Crippen LogP contribution in [0.3, 0.4) is 0 Å². The van der Waals surface area contributed by atoms with Crippen LogP contribution >= 0.6 is 0 Å². The lowest BCUT2D eigenvalue weighted by Crippen LogP contribution is -2.13. The van der Waals surface area contributed by atoms with E-state index in [0.717, 1.165) is 5.56 Å². The average molecular weight is 230 g/mol. The van der Waals surface area contributed by atoms with Gasteiger partial charge in [0.25, 0.3) is 5.91 Å². The average Bonchev–Trinajstić information content (AvgIpc) is 2.33. The van der Waals surface area contributed by atoms with E-state index in [4.69, 9.17) is 0 Å². The summed E-state index contributed by atoms with van der Waals surface area (Å²) in [5, 5.41) is 2.42. The van der Waals surface area contributed by atoms with Gasteiger partial charge in [-0.2, -0.15) is 0 Å². The van der Waals surface area contributed by atoms with Gasteiger partial charge >= 0.3 is 0 Å². The largest absolute Gasteiger partial charge is 0.304 e. The number of carbonyl (C=O) groups excluding carboxylic acids is 1. The Morgan fingerprint density at radius 2 is 1.94 bits per heavy atom. The molecular formula is C13H11FN2O. The van der Waals surface area contributed by atoms with Crippen molar-refractivity contribution >= 4 is 11.7 Å². The van der Waals surface area contributed by atoms with Crippen LogP contribution in [-0.4, -0.2) is 10.9 Å². The van der Waals surface area contributed by atoms with Gasteiger partial charge in [0.05, 0.1) is 0 Å². The Morgan fingerprint density at radius 3 is 2.59 bits per heavy atom. The number of amides is 1. The van der Waals surface area contributed by atoms with Gasteiger partial charge in [0.1, 0.15) is 0 Å². The van der Waals surface area contributed by atoms with Gasteiger partial charge in [0.15, 0.2) is 11.6 Å². The number of halogens is 1. The fraction of sp³-hybridized carbons (Fsp3) is 0.0769. The first-order valence-corrected chi connectivity index (χ1v) is 5.15. The third kappa shape index (κ3) is 2.66. The number of anilines is 1. The monoisotopic (exact) mass is 230 g/mol. The molecule has 1 heterocycles. The number of hydrogen-bond acceptors (Lipinski definition) is 2. The highest BCUT2D eigenvalue weighted by molar-refractivity contribution is 6.03. The van der Waals surface area contributed by atoms with Crippen LogP contribution in [0.15, 0.2) is 42.6 Å². The molecule has 2 aromatic rings. The van der Waals surface area contributed by atoms with Gasteiger partial charge in [-0.1, -0.05) is 17.7 Å². The highest BCUT2D eigenvalue weighted by atomic mass is 19.1. The molecule has 0 aliphatic heterocycles. The first-order valence-electron chi connectivity index (χ1n) is 5.15. The fourth-order valence-corrected chi connectivity index (χ4v) is 1.36. The molecule has 0 radical (unpaired) electrons. The molecule has 86 valence electrons. The van der Waals surface area contributed by atoms with Crippen molar-refractivity contribution in [1.82, 2.24) is 4.98 Å². The number of nitrogens with one attached hydrogen (secondary N) is 1. The number of rotatable bonds is 2. The summed E-state index contributed by atoms with van der Waals surface area (Å²) in [7, 11) is 0. The molecule has 0 saturated carbocycles. The van der Waals surface area contributed by atoms with Crippen molar-refractivity contribution in [3.63, 3.8) is 0 Å². The number of carbonyl (C=O) groups is 1. The molecule has 0 unspecified atom stereocenters. The Morgan fingerprint density at radius 1 is 1.24 bits per heavy atom. The van der Waals surface area contributed by atoms with Gasteiger partial charge in [0, 0.05) is 11.8 Å².